The highest BCUT2D eigenvalue weighted by atomic mass is 32.2. The van der Waals surface area contributed by atoms with Crippen molar-refractivity contribution in [1.82, 2.24) is 0 Å². The molecule has 110 valence electrons. The summed E-state index contributed by atoms with van der Waals surface area (Å²) in [6.07, 6.45) is 2.84. The zero-order chi connectivity index (χ0) is 15.6. The van der Waals surface area contributed by atoms with Gasteiger partial charge in [-0.15, -0.1) is 11.8 Å². The number of hydrogen-bond donors (Lipinski definition) is 1. The molecule has 0 heterocycles. The van der Waals surface area contributed by atoms with Crippen LogP contribution in [-0.2, 0) is 5.41 Å². The summed E-state index contributed by atoms with van der Waals surface area (Å²) in [7, 11) is 0. The lowest BCUT2D eigenvalue weighted by Crippen LogP contribution is -2.12. The Balaban J connectivity index is 2.77. The maximum atomic E-state index is 11.2. The van der Waals surface area contributed by atoms with Crippen LogP contribution in [0.3, 0.4) is 0 Å². The van der Waals surface area contributed by atoms with Crippen molar-refractivity contribution < 1.29 is 9.90 Å². The number of hydrogen-bond acceptors (Lipinski definition) is 3. The third-order valence-corrected chi connectivity index (χ3v) is 4.27. The molecule has 0 spiro atoms. The van der Waals surface area contributed by atoms with Gasteiger partial charge < -0.3 is 5.11 Å². The molecule has 0 radical (unpaired) electrons. The van der Waals surface area contributed by atoms with Gasteiger partial charge in [-0.05, 0) is 35.4 Å². The Morgan fingerprint density at radius 1 is 1.10 bits per heavy atom. The number of carbonyl (C=O) groups is 1. The Hall–Kier alpha value is -1.74. The van der Waals surface area contributed by atoms with Crippen molar-refractivity contribution in [3.05, 3.63) is 47.5 Å². The fraction of sp³-hybridized carbons (Fsp3) is 0.278. The number of aromatic hydroxyl groups is 1. The number of aldehydes is 1. The first kappa shape index (κ1) is 15.6. The topological polar surface area (TPSA) is 37.3 Å². The second-order valence-electron chi connectivity index (χ2n) is 6.03. The van der Waals surface area contributed by atoms with Gasteiger partial charge in [-0.25, -0.2) is 0 Å². The predicted molar refractivity (Wildman–Crippen MR) is 89.4 cm³/mol. The first-order valence-electron chi connectivity index (χ1n) is 6.84. The van der Waals surface area contributed by atoms with Gasteiger partial charge in [-0.3, -0.25) is 4.79 Å². The van der Waals surface area contributed by atoms with Crippen LogP contribution < -0.4 is 0 Å². The van der Waals surface area contributed by atoms with Gasteiger partial charge in [-0.2, -0.15) is 0 Å². The maximum Gasteiger partial charge on any atom is 0.150 e. The highest BCUT2D eigenvalue weighted by Crippen LogP contribution is 2.41. The highest BCUT2D eigenvalue weighted by molar-refractivity contribution is 7.98. The van der Waals surface area contributed by atoms with Crippen LogP contribution in [0.25, 0.3) is 11.1 Å². The van der Waals surface area contributed by atoms with Crippen LogP contribution >= 0.6 is 11.8 Å². The zero-order valence-corrected chi connectivity index (χ0v) is 13.6. The number of thioether (sulfide) groups is 1. The van der Waals surface area contributed by atoms with Crippen LogP contribution in [0.2, 0.25) is 0 Å². The minimum Gasteiger partial charge on any atom is -0.507 e. The Morgan fingerprint density at radius 2 is 1.76 bits per heavy atom. The molecule has 0 amide bonds. The number of benzene rings is 2. The van der Waals surface area contributed by atoms with Crippen molar-refractivity contribution in [2.75, 3.05) is 6.26 Å². The summed E-state index contributed by atoms with van der Waals surface area (Å²) in [6.45, 7) is 6.09. The first-order valence-corrected chi connectivity index (χ1v) is 8.07. The number of carbonyl (C=O) groups excluding carboxylic acids is 1. The Morgan fingerprint density at radius 3 is 2.33 bits per heavy atom. The average molecular weight is 300 g/mol. The second kappa shape index (κ2) is 5.94. The summed E-state index contributed by atoms with van der Waals surface area (Å²) in [5.41, 5.74) is 2.82. The van der Waals surface area contributed by atoms with Crippen LogP contribution in [0.1, 0.15) is 36.7 Å². The van der Waals surface area contributed by atoms with Crippen LogP contribution in [0.15, 0.2) is 41.3 Å². The second-order valence-corrected chi connectivity index (χ2v) is 6.88. The van der Waals surface area contributed by atoms with Crippen molar-refractivity contribution >= 4 is 18.0 Å². The molecule has 2 aromatic carbocycles. The van der Waals surface area contributed by atoms with E-state index in [0.717, 1.165) is 27.9 Å². The van der Waals surface area contributed by atoms with Gasteiger partial charge in [0.05, 0.1) is 0 Å². The number of phenols is 1. The van der Waals surface area contributed by atoms with E-state index in [1.54, 1.807) is 23.9 Å². The lowest BCUT2D eigenvalue weighted by Gasteiger charge is -2.23. The molecule has 3 heteroatoms. The molecule has 21 heavy (non-hydrogen) atoms. The van der Waals surface area contributed by atoms with Gasteiger partial charge >= 0.3 is 0 Å². The zero-order valence-electron chi connectivity index (χ0n) is 12.8. The largest absolute Gasteiger partial charge is 0.507 e. The van der Waals surface area contributed by atoms with Crippen molar-refractivity contribution in [2.24, 2.45) is 0 Å². The molecule has 0 aromatic heterocycles. The fourth-order valence-corrected chi connectivity index (χ4v) is 2.98. The van der Waals surface area contributed by atoms with Gasteiger partial charge in [0.15, 0.2) is 0 Å². The molecular formula is C18H20O2S. The van der Waals surface area contributed by atoms with E-state index in [4.69, 9.17) is 0 Å². The van der Waals surface area contributed by atoms with Gasteiger partial charge in [0, 0.05) is 21.6 Å². The third kappa shape index (κ3) is 3.13. The molecule has 2 rings (SSSR count). The smallest absolute Gasteiger partial charge is 0.150 e. The molecule has 0 bridgehead atoms. The molecule has 0 aliphatic heterocycles. The average Bonchev–Trinajstić information content (AvgIpc) is 2.46. The van der Waals surface area contributed by atoms with Crippen LogP contribution in [0.5, 0.6) is 5.75 Å². The summed E-state index contributed by atoms with van der Waals surface area (Å²) in [4.78, 5) is 12.3. The van der Waals surface area contributed by atoms with Crippen LogP contribution in [0.4, 0.5) is 0 Å². The maximum absolute atomic E-state index is 11.2. The van der Waals surface area contributed by atoms with E-state index < -0.39 is 0 Å². The van der Waals surface area contributed by atoms with E-state index in [9.17, 15) is 9.90 Å². The summed E-state index contributed by atoms with van der Waals surface area (Å²) >= 11 is 1.63. The van der Waals surface area contributed by atoms with Gasteiger partial charge in [-0.1, -0.05) is 39.0 Å². The normalized spacial score (nSPS) is 11.4. The summed E-state index contributed by atoms with van der Waals surface area (Å²) in [6, 6.07) is 11.4. The predicted octanol–water partition coefficient (Wildman–Crippen LogP) is 4.89. The van der Waals surface area contributed by atoms with E-state index in [1.165, 1.54) is 0 Å². The monoisotopic (exact) mass is 300 g/mol. The lowest BCUT2D eigenvalue weighted by atomic mass is 9.83. The molecule has 2 nitrogen and oxygen atoms in total. The molecule has 0 saturated heterocycles. The standard InChI is InChI=1S/C18H20O2S/c1-18(2,3)15-10-12(11-19)9-14(17(15)20)13-7-5-6-8-16(13)21-4/h5-11,20H,1-4H3. The van der Waals surface area contributed by atoms with Gasteiger partial charge in [0.2, 0.25) is 0 Å². The van der Waals surface area contributed by atoms with Crippen molar-refractivity contribution in [2.45, 2.75) is 31.1 Å². The molecule has 0 unspecified atom stereocenters. The van der Waals surface area contributed by atoms with E-state index in [2.05, 4.69) is 0 Å². The molecule has 0 saturated carbocycles. The van der Waals surface area contributed by atoms with Crippen LogP contribution in [-0.4, -0.2) is 17.6 Å². The number of rotatable bonds is 3. The van der Waals surface area contributed by atoms with E-state index >= 15 is 0 Å². The molecule has 0 fully saturated rings. The SMILES string of the molecule is CSc1ccccc1-c1cc(C=O)cc(C(C)(C)C)c1O. The molecule has 0 aliphatic rings. The lowest BCUT2D eigenvalue weighted by molar-refractivity contribution is 0.112. The Kier molecular flexibility index (Phi) is 4.43. The first-order chi connectivity index (χ1) is 9.88. The van der Waals surface area contributed by atoms with Crippen molar-refractivity contribution in [3.8, 4) is 16.9 Å². The quantitative estimate of drug-likeness (QED) is 0.647. The summed E-state index contributed by atoms with van der Waals surface area (Å²) in [5.74, 6) is 0.259. The van der Waals surface area contributed by atoms with E-state index in [-0.39, 0.29) is 11.2 Å². The molecule has 1 N–H and O–H groups in total. The van der Waals surface area contributed by atoms with Gasteiger partial charge in [0.1, 0.15) is 12.0 Å². The molecule has 0 atom stereocenters. The number of phenolic OH excluding ortho intramolecular Hbond substituents is 1. The Labute approximate surface area is 130 Å². The van der Waals surface area contributed by atoms with E-state index in [1.807, 2.05) is 51.3 Å². The molecule has 0 aliphatic carbocycles. The van der Waals surface area contributed by atoms with Gasteiger partial charge in [0.25, 0.3) is 0 Å². The molecule has 2 aromatic rings. The highest BCUT2D eigenvalue weighted by Gasteiger charge is 2.22. The van der Waals surface area contributed by atoms with Crippen molar-refractivity contribution in [1.29, 1.82) is 0 Å². The molecular weight excluding hydrogens is 280 g/mol. The minimum atomic E-state index is -0.230. The summed E-state index contributed by atoms with van der Waals surface area (Å²) < 4.78 is 0. The Bertz CT molecular complexity index is 669. The summed E-state index contributed by atoms with van der Waals surface area (Å²) in [5, 5.41) is 10.7. The fourth-order valence-electron chi connectivity index (χ4n) is 2.37. The minimum absolute atomic E-state index is 0.230. The van der Waals surface area contributed by atoms with Crippen molar-refractivity contribution in [3.63, 3.8) is 0 Å². The van der Waals surface area contributed by atoms with E-state index in [0.29, 0.717) is 5.56 Å². The van der Waals surface area contributed by atoms with Crippen LogP contribution in [0, 0.1) is 0 Å². The third-order valence-electron chi connectivity index (χ3n) is 3.47.